The zero-order chi connectivity index (χ0) is 45.4. The van der Waals surface area contributed by atoms with Crippen LogP contribution in [0.1, 0.15) is 35.6 Å². The fourth-order valence-corrected chi connectivity index (χ4v) is 4.39. The Balaban J connectivity index is 0.000000505. The number of piperidine rings is 1. The molecule has 326 valence electrons. The number of aromatic nitrogens is 4. The van der Waals surface area contributed by atoms with E-state index >= 15 is 0 Å². The van der Waals surface area contributed by atoms with E-state index in [1.54, 1.807) is 0 Å². The predicted octanol–water partition coefficient (Wildman–Crippen LogP) is 6.89. The van der Waals surface area contributed by atoms with Gasteiger partial charge in [-0.05, 0) is 55.3 Å². The molecule has 0 saturated carbocycles. The van der Waals surface area contributed by atoms with Crippen molar-refractivity contribution >= 4 is 40.7 Å². The zero-order valence-electron chi connectivity index (χ0n) is 29.9. The van der Waals surface area contributed by atoms with Gasteiger partial charge >= 0.3 is 48.6 Å². The summed E-state index contributed by atoms with van der Waals surface area (Å²) in [5.74, 6) is -9.67. The van der Waals surface area contributed by atoms with Gasteiger partial charge in [0.25, 0.3) is 0 Å². The van der Waals surface area contributed by atoms with Gasteiger partial charge in [-0.1, -0.05) is 30.3 Å². The quantitative estimate of drug-likeness (QED) is 0.125. The molecule has 0 bridgehead atoms. The van der Waals surface area contributed by atoms with Crippen LogP contribution in [-0.2, 0) is 39.3 Å². The molecule has 1 fully saturated rings. The molecule has 0 atom stereocenters. The Bertz CT molecular complexity index is 1850. The highest BCUT2D eigenvalue weighted by molar-refractivity contribution is 5.86. The van der Waals surface area contributed by atoms with Gasteiger partial charge in [0.1, 0.15) is 5.52 Å². The minimum absolute atomic E-state index is 0.477. The number of fused-ring (bicyclic) bond motifs is 1. The van der Waals surface area contributed by atoms with Gasteiger partial charge in [0.15, 0.2) is 5.82 Å². The second-order valence-electron chi connectivity index (χ2n) is 11.6. The maximum atomic E-state index is 10.6. The lowest BCUT2D eigenvalue weighted by Crippen LogP contribution is -2.32. The number of alkyl halides is 12. The highest BCUT2D eigenvalue weighted by Gasteiger charge is 2.40. The Morgan fingerprint density at radius 1 is 0.695 bits per heavy atom. The number of carboxylic acid groups (broad SMARTS) is 4. The summed E-state index contributed by atoms with van der Waals surface area (Å²) in [7, 11) is 2.05. The van der Waals surface area contributed by atoms with Gasteiger partial charge in [-0.15, -0.1) is 0 Å². The molecule has 5 N–H and O–H groups in total. The molecule has 26 heteroatoms. The number of halogens is 12. The van der Waals surface area contributed by atoms with E-state index in [0.717, 1.165) is 55.9 Å². The minimum Gasteiger partial charge on any atom is -0.475 e. The molecule has 4 aromatic rings. The first kappa shape index (κ1) is 50.8. The van der Waals surface area contributed by atoms with E-state index in [0.29, 0.717) is 5.92 Å². The van der Waals surface area contributed by atoms with Gasteiger partial charge < -0.3 is 30.3 Å². The summed E-state index contributed by atoms with van der Waals surface area (Å²) in [6, 6.07) is 16.9. The molecule has 1 saturated heterocycles. The third kappa shape index (κ3) is 19.2. The van der Waals surface area contributed by atoms with Crippen molar-refractivity contribution in [2.24, 2.45) is 7.05 Å². The summed E-state index contributed by atoms with van der Waals surface area (Å²) in [5, 5.41) is 32.0. The van der Waals surface area contributed by atoms with E-state index in [9.17, 15) is 52.7 Å². The van der Waals surface area contributed by atoms with Gasteiger partial charge in [0, 0.05) is 44.1 Å². The maximum Gasteiger partial charge on any atom is 0.490 e. The average molecular weight is 869 g/mol. The molecule has 3 aromatic heterocycles. The van der Waals surface area contributed by atoms with Crippen LogP contribution in [0.25, 0.3) is 11.0 Å². The molecule has 14 nitrogen and oxygen atoms in total. The Kier molecular flexibility index (Phi) is 19.0. The van der Waals surface area contributed by atoms with Gasteiger partial charge in [-0.2, -0.15) is 52.7 Å². The standard InChI is InChI=1S/C25H28N6.4C2HF3O2/c1-30-18-28-24-23(30)15-22(29-25(24)27-16-19-5-3-2-4-6-19)21-9-13-31(14-10-21)17-20-7-11-26-12-8-20;4*3-2(4,5)1(6)7/h2-8,11-12,15,18,21H,9-10,13-14,16-17H2,1H3,(H,27,29);4*(H,6,7). The van der Waals surface area contributed by atoms with E-state index in [2.05, 4.69) is 74.3 Å². The number of imidazole rings is 1. The Morgan fingerprint density at radius 2 is 1.12 bits per heavy atom. The van der Waals surface area contributed by atoms with E-state index < -0.39 is 48.6 Å². The van der Waals surface area contributed by atoms with Crippen LogP contribution in [0.15, 0.2) is 67.3 Å². The van der Waals surface area contributed by atoms with Crippen LogP contribution in [0, 0.1) is 0 Å². The smallest absolute Gasteiger partial charge is 0.475 e. The number of carbonyl (C=O) groups is 4. The number of nitrogens with zero attached hydrogens (tertiary/aromatic N) is 5. The topological polar surface area (TPSA) is 208 Å². The first-order valence-corrected chi connectivity index (χ1v) is 15.9. The molecule has 1 aliphatic heterocycles. The molecule has 5 rings (SSSR count). The molecule has 0 aliphatic carbocycles. The summed E-state index contributed by atoms with van der Waals surface area (Å²) in [5.41, 5.74) is 5.82. The Morgan fingerprint density at radius 3 is 1.53 bits per heavy atom. The van der Waals surface area contributed by atoms with Crippen molar-refractivity contribution in [1.29, 1.82) is 0 Å². The number of hydrogen-bond donors (Lipinski definition) is 5. The molecule has 0 amide bonds. The highest BCUT2D eigenvalue weighted by atomic mass is 19.4. The summed E-state index contributed by atoms with van der Waals surface area (Å²) in [4.78, 5) is 51.9. The molecule has 1 aliphatic rings. The zero-order valence-corrected chi connectivity index (χ0v) is 29.9. The van der Waals surface area contributed by atoms with E-state index in [4.69, 9.17) is 44.6 Å². The number of anilines is 1. The van der Waals surface area contributed by atoms with Crippen LogP contribution in [0.3, 0.4) is 0 Å². The Labute approximate surface area is 323 Å². The Hall–Kier alpha value is -6.21. The minimum atomic E-state index is -5.08. The summed E-state index contributed by atoms with van der Waals surface area (Å²) >= 11 is 0. The second kappa shape index (κ2) is 22.1. The second-order valence-corrected chi connectivity index (χ2v) is 11.6. The van der Waals surface area contributed by atoms with E-state index in [-0.39, 0.29) is 0 Å². The van der Waals surface area contributed by atoms with Crippen molar-refractivity contribution in [3.05, 3.63) is 84.1 Å². The van der Waals surface area contributed by atoms with Gasteiger partial charge in [0.05, 0.1) is 11.8 Å². The van der Waals surface area contributed by atoms with Crippen molar-refractivity contribution in [2.45, 2.75) is 56.6 Å². The molecule has 0 radical (unpaired) electrons. The number of benzene rings is 1. The number of hydrogen-bond acceptors (Lipinski definition) is 9. The number of aryl methyl sites for hydroxylation is 1. The van der Waals surface area contributed by atoms with Crippen molar-refractivity contribution in [3.8, 4) is 0 Å². The van der Waals surface area contributed by atoms with Crippen molar-refractivity contribution in [2.75, 3.05) is 18.4 Å². The van der Waals surface area contributed by atoms with E-state index in [1.807, 2.05) is 24.8 Å². The fourth-order valence-electron chi connectivity index (χ4n) is 4.39. The fraction of sp³-hybridized carbons (Fsp3) is 0.364. The number of nitrogens with one attached hydrogen (secondary N) is 1. The van der Waals surface area contributed by atoms with Crippen LogP contribution in [0.2, 0.25) is 0 Å². The number of pyridine rings is 2. The van der Waals surface area contributed by atoms with Crippen molar-refractivity contribution in [1.82, 2.24) is 24.4 Å². The van der Waals surface area contributed by atoms with Crippen LogP contribution >= 0.6 is 0 Å². The predicted molar refractivity (Wildman–Crippen MR) is 179 cm³/mol. The van der Waals surface area contributed by atoms with Crippen molar-refractivity contribution < 1.29 is 92.3 Å². The summed E-state index contributed by atoms with van der Waals surface area (Å²) < 4.78 is 129. The first-order chi connectivity index (χ1) is 27.0. The summed E-state index contributed by atoms with van der Waals surface area (Å²) in [6.07, 6.45) is -12.5. The molecule has 0 spiro atoms. The van der Waals surface area contributed by atoms with Crippen LogP contribution in [-0.4, -0.2) is 107 Å². The van der Waals surface area contributed by atoms with Gasteiger partial charge in [-0.25, -0.2) is 29.1 Å². The molecule has 59 heavy (non-hydrogen) atoms. The van der Waals surface area contributed by atoms with E-state index in [1.165, 1.54) is 16.8 Å². The molecular weight excluding hydrogens is 836 g/mol. The monoisotopic (exact) mass is 868 g/mol. The molecule has 1 aromatic carbocycles. The van der Waals surface area contributed by atoms with Crippen LogP contribution in [0.5, 0.6) is 0 Å². The maximum absolute atomic E-state index is 10.6. The lowest BCUT2D eigenvalue weighted by Gasteiger charge is -2.32. The number of carboxylic acids is 4. The third-order valence-electron chi connectivity index (χ3n) is 7.17. The number of aliphatic carboxylic acids is 4. The van der Waals surface area contributed by atoms with Gasteiger partial charge in [0.2, 0.25) is 0 Å². The van der Waals surface area contributed by atoms with Gasteiger partial charge in [-0.3, -0.25) is 9.88 Å². The normalized spacial score (nSPS) is 13.4. The highest BCUT2D eigenvalue weighted by Crippen LogP contribution is 2.32. The lowest BCUT2D eigenvalue weighted by atomic mass is 9.92. The molecule has 0 unspecified atom stereocenters. The third-order valence-corrected chi connectivity index (χ3v) is 7.17. The van der Waals surface area contributed by atoms with Crippen LogP contribution < -0.4 is 5.32 Å². The lowest BCUT2D eigenvalue weighted by molar-refractivity contribution is -0.193. The van der Waals surface area contributed by atoms with Crippen LogP contribution in [0.4, 0.5) is 58.5 Å². The summed E-state index contributed by atoms with van der Waals surface area (Å²) in [6.45, 7) is 3.91. The number of rotatable bonds is 6. The largest absolute Gasteiger partial charge is 0.490 e. The first-order valence-electron chi connectivity index (χ1n) is 15.9. The molecule has 4 heterocycles. The number of likely N-dealkylation sites (tertiary alicyclic amines) is 1. The SMILES string of the molecule is Cn1cnc2c(NCc3ccccc3)nc(C3CCN(Cc4ccncc4)CC3)cc21.O=C(O)C(F)(F)F.O=C(O)C(F)(F)F.O=C(O)C(F)(F)F.O=C(O)C(F)(F)F. The van der Waals surface area contributed by atoms with Crippen molar-refractivity contribution in [3.63, 3.8) is 0 Å². The average Bonchev–Trinajstić information content (AvgIpc) is 3.51. The molecular formula is C33H32F12N6O8.